The number of unbranched alkanes of at least 4 members (excludes halogenated alkanes) is 5. The zero-order valence-electron chi connectivity index (χ0n) is 10.4. The Morgan fingerprint density at radius 2 is 1.50 bits per heavy atom. The molecule has 0 aromatic heterocycles. The molecule has 0 N–H and O–H groups in total. The smallest absolute Gasteiger partial charge is 0.0227 e. The molecule has 1 atom stereocenters. The van der Waals surface area contributed by atoms with Crippen molar-refractivity contribution in [2.24, 2.45) is 5.92 Å². The maximum atomic E-state index is 3.74. The van der Waals surface area contributed by atoms with Gasteiger partial charge in [-0.25, -0.2) is 0 Å². The van der Waals surface area contributed by atoms with E-state index in [9.17, 15) is 0 Å². The van der Waals surface area contributed by atoms with Crippen LogP contribution in [0.1, 0.15) is 72.6 Å². The minimum atomic E-state index is 0.316. The van der Waals surface area contributed by atoms with E-state index >= 15 is 0 Å². The van der Waals surface area contributed by atoms with Gasteiger partial charge in [-0.2, -0.15) is 0 Å². The highest BCUT2D eigenvalue weighted by molar-refractivity contribution is 9.10. The Kier molecular flexibility index (Phi) is 8.00. The molecule has 0 aromatic rings. The van der Waals surface area contributed by atoms with Crippen LogP contribution >= 0.6 is 15.9 Å². The lowest BCUT2D eigenvalue weighted by atomic mass is 9.92. The first-order valence-corrected chi connectivity index (χ1v) is 6.96. The molecule has 0 aliphatic rings. The van der Waals surface area contributed by atoms with Gasteiger partial charge in [-0.15, -0.1) is 0 Å². The highest BCUT2D eigenvalue weighted by Gasteiger charge is 2.20. The number of halogens is 1. The predicted molar refractivity (Wildman–Crippen MR) is 70.2 cm³/mol. The van der Waals surface area contributed by atoms with Gasteiger partial charge in [0.1, 0.15) is 0 Å². The van der Waals surface area contributed by atoms with E-state index in [0.29, 0.717) is 4.32 Å². The Morgan fingerprint density at radius 3 is 2.00 bits per heavy atom. The van der Waals surface area contributed by atoms with Gasteiger partial charge in [0, 0.05) is 4.32 Å². The van der Waals surface area contributed by atoms with Crippen molar-refractivity contribution in [2.45, 2.75) is 77.0 Å². The molecule has 0 fully saturated rings. The van der Waals surface area contributed by atoms with Crippen LogP contribution in [0.3, 0.4) is 0 Å². The average Bonchev–Trinajstić information content (AvgIpc) is 2.09. The molecule has 1 heteroatoms. The minimum Gasteiger partial charge on any atom is -0.0856 e. The van der Waals surface area contributed by atoms with Gasteiger partial charge in [0.25, 0.3) is 0 Å². The van der Waals surface area contributed by atoms with Crippen LogP contribution in [0.15, 0.2) is 0 Å². The molecule has 14 heavy (non-hydrogen) atoms. The van der Waals surface area contributed by atoms with Gasteiger partial charge in [0.05, 0.1) is 0 Å². The Balaban J connectivity index is 3.28. The Hall–Kier alpha value is 0.480. The van der Waals surface area contributed by atoms with E-state index in [1.165, 1.54) is 44.9 Å². The molecular formula is C13H27Br. The van der Waals surface area contributed by atoms with Crippen LogP contribution in [0.4, 0.5) is 0 Å². The molecule has 0 radical (unpaired) electrons. The lowest BCUT2D eigenvalue weighted by Gasteiger charge is -2.25. The van der Waals surface area contributed by atoms with Crippen molar-refractivity contribution < 1.29 is 0 Å². The van der Waals surface area contributed by atoms with Gasteiger partial charge in [-0.1, -0.05) is 68.3 Å². The zero-order valence-corrected chi connectivity index (χ0v) is 12.0. The van der Waals surface area contributed by atoms with Gasteiger partial charge in [0.15, 0.2) is 0 Å². The summed E-state index contributed by atoms with van der Waals surface area (Å²) in [6.07, 6.45) is 9.83. The topological polar surface area (TPSA) is 0 Å². The van der Waals surface area contributed by atoms with E-state index in [0.717, 1.165) is 5.92 Å². The molecule has 0 heterocycles. The van der Waals surface area contributed by atoms with Crippen LogP contribution in [-0.2, 0) is 0 Å². The predicted octanol–water partition coefficient (Wildman–Crippen LogP) is 5.55. The molecule has 0 saturated heterocycles. The van der Waals surface area contributed by atoms with Crippen molar-refractivity contribution >= 4 is 15.9 Å². The lowest BCUT2D eigenvalue weighted by Crippen LogP contribution is -2.20. The quantitative estimate of drug-likeness (QED) is 0.398. The molecule has 0 aromatic carbocycles. The second kappa shape index (κ2) is 7.73. The molecule has 0 aliphatic carbocycles. The number of hydrogen-bond acceptors (Lipinski definition) is 0. The van der Waals surface area contributed by atoms with Crippen molar-refractivity contribution in [2.75, 3.05) is 0 Å². The van der Waals surface area contributed by atoms with Crippen LogP contribution in [0.5, 0.6) is 0 Å². The highest BCUT2D eigenvalue weighted by Crippen LogP contribution is 2.30. The van der Waals surface area contributed by atoms with E-state index < -0.39 is 0 Å². The third kappa shape index (κ3) is 7.84. The summed E-state index contributed by atoms with van der Waals surface area (Å²) in [6.45, 7) is 9.17. The van der Waals surface area contributed by atoms with Crippen LogP contribution in [0, 0.1) is 5.92 Å². The van der Waals surface area contributed by atoms with Gasteiger partial charge < -0.3 is 0 Å². The summed E-state index contributed by atoms with van der Waals surface area (Å²) in [7, 11) is 0. The normalized spacial score (nSPS) is 14.4. The molecule has 86 valence electrons. The average molecular weight is 263 g/mol. The van der Waals surface area contributed by atoms with Crippen molar-refractivity contribution in [3.05, 3.63) is 0 Å². The molecule has 0 rings (SSSR count). The van der Waals surface area contributed by atoms with E-state index in [2.05, 4.69) is 43.6 Å². The zero-order chi connectivity index (χ0) is 11.0. The SMILES string of the molecule is CCCCCCCCC(C)C(C)(C)Br. The van der Waals surface area contributed by atoms with E-state index in [-0.39, 0.29) is 0 Å². The number of alkyl halides is 1. The molecule has 0 saturated carbocycles. The fourth-order valence-electron chi connectivity index (χ4n) is 1.57. The molecular weight excluding hydrogens is 236 g/mol. The summed E-state index contributed by atoms with van der Waals surface area (Å²) in [6, 6.07) is 0. The van der Waals surface area contributed by atoms with Crippen LogP contribution in [0.2, 0.25) is 0 Å². The molecule has 1 unspecified atom stereocenters. The molecule has 0 aliphatic heterocycles. The second-order valence-electron chi connectivity index (χ2n) is 5.02. The summed E-state index contributed by atoms with van der Waals surface area (Å²) in [5.74, 6) is 0.786. The van der Waals surface area contributed by atoms with Crippen molar-refractivity contribution in [3.8, 4) is 0 Å². The van der Waals surface area contributed by atoms with Crippen LogP contribution in [-0.4, -0.2) is 4.32 Å². The van der Waals surface area contributed by atoms with E-state index in [1.807, 2.05) is 0 Å². The van der Waals surface area contributed by atoms with Crippen molar-refractivity contribution in [1.29, 1.82) is 0 Å². The van der Waals surface area contributed by atoms with Crippen LogP contribution < -0.4 is 0 Å². The molecule has 0 bridgehead atoms. The number of rotatable bonds is 8. The van der Waals surface area contributed by atoms with Gasteiger partial charge >= 0.3 is 0 Å². The fourth-order valence-corrected chi connectivity index (χ4v) is 1.80. The maximum absolute atomic E-state index is 3.74. The monoisotopic (exact) mass is 262 g/mol. The summed E-state index contributed by atoms with van der Waals surface area (Å²) in [5, 5.41) is 0. The van der Waals surface area contributed by atoms with Crippen molar-refractivity contribution in [1.82, 2.24) is 0 Å². The van der Waals surface area contributed by atoms with Crippen molar-refractivity contribution in [3.63, 3.8) is 0 Å². The first-order chi connectivity index (χ1) is 6.48. The molecule has 0 nitrogen and oxygen atoms in total. The minimum absolute atomic E-state index is 0.316. The maximum Gasteiger partial charge on any atom is 0.0227 e. The van der Waals surface area contributed by atoms with E-state index in [1.54, 1.807) is 0 Å². The second-order valence-corrected chi connectivity index (χ2v) is 7.07. The molecule has 0 amide bonds. The van der Waals surface area contributed by atoms with Gasteiger partial charge in [-0.05, 0) is 26.2 Å². The first kappa shape index (κ1) is 14.5. The summed E-state index contributed by atoms with van der Waals surface area (Å²) >= 11 is 3.74. The Labute approximate surface area is 99.0 Å². The third-order valence-corrected chi connectivity index (χ3v) is 3.94. The first-order valence-electron chi connectivity index (χ1n) is 6.17. The standard InChI is InChI=1S/C13H27Br/c1-5-6-7-8-9-10-11-12(2)13(3,4)14/h12H,5-11H2,1-4H3. The molecule has 0 spiro atoms. The third-order valence-electron chi connectivity index (χ3n) is 3.16. The van der Waals surface area contributed by atoms with Gasteiger partial charge in [0.2, 0.25) is 0 Å². The summed E-state index contributed by atoms with van der Waals surface area (Å²) < 4.78 is 0.316. The largest absolute Gasteiger partial charge is 0.0856 e. The van der Waals surface area contributed by atoms with Gasteiger partial charge in [-0.3, -0.25) is 0 Å². The Bertz CT molecular complexity index is 124. The summed E-state index contributed by atoms with van der Waals surface area (Å²) in [5.41, 5.74) is 0. The van der Waals surface area contributed by atoms with Crippen LogP contribution in [0.25, 0.3) is 0 Å². The highest BCUT2D eigenvalue weighted by atomic mass is 79.9. The van der Waals surface area contributed by atoms with E-state index in [4.69, 9.17) is 0 Å². The summed E-state index contributed by atoms with van der Waals surface area (Å²) in [4.78, 5) is 0. The fraction of sp³-hybridized carbons (Fsp3) is 1.00. The lowest BCUT2D eigenvalue weighted by molar-refractivity contribution is 0.414. The number of hydrogen-bond donors (Lipinski definition) is 0. The Morgan fingerprint density at radius 1 is 1.00 bits per heavy atom.